The van der Waals surface area contributed by atoms with Crippen LogP contribution in [-0.2, 0) is 16.9 Å². The molecule has 1 saturated heterocycles. The van der Waals surface area contributed by atoms with E-state index in [2.05, 4.69) is 15.2 Å². The van der Waals surface area contributed by atoms with Crippen molar-refractivity contribution >= 4 is 17.5 Å². The minimum Gasteiger partial charge on any atom is -0.375 e. The first-order valence-electron chi connectivity index (χ1n) is 11.0. The number of piperidine rings is 1. The normalized spacial score (nSPS) is 20.7. The van der Waals surface area contributed by atoms with E-state index in [1.807, 2.05) is 36.4 Å². The molecule has 1 amide bonds. The Morgan fingerprint density at radius 2 is 1.83 bits per heavy atom. The number of likely N-dealkylation sites (tertiary alicyclic amines) is 1. The van der Waals surface area contributed by atoms with Crippen LogP contribution < -0.4 is 5.32 Å². The summed E-state index contributed by atoms with van der Waals surface area (Å²) in [5.74, 6) is -0.260. The maximum atomic E-state index is 13.3. The van der Waals surface area contributed by atoms with E-state index >= 15 is 0 Å². The highest BCUT2D eigenvalue weighted by molar-refractivity contribution is 6.30. The predicted molar refractivity (Wildman–Crippen MR) is 118 cm³/mol. The van der Waals surface area contributed by atoms with Gasteiger partial charge in [-0.15, -0.1) is 0 Å². The summed E-state index contributed by atoms with van der Waals surface area (Å²) in [7, 11) is 0. The van der Waals surface area contributed by atoms with Crippen LogP contribution in [0.3, 0.4) is 0 Å². The van der Waals surface area contributed by atoms with Gasteiger partial charge in [-0.3, -0.25) is 14.7 Å². The lowest BCUT2D eigenvalue weighted by Crippen LogP contribution is -2.54. The second-order valence-corrected chi connectivity index (χ2v) is 9.04. The first-order chi connectivity index (χ1) is 14.6. The molecule has 0 radical (unpaired) electrons. The Kier molecular flexibility index (Phi) is 6.71. The fraction of sp³-hybridized carbons (Fsp3) is 0.500. The molecule has 1 unspecified atom stereocenters. The Hall–Kier alpha value is -1.95. The molecule has 5 nitrogen and oxygen atoms in total. The monoisotopic (exact) mass is 427 g/mol. The molecular formula is C24H30ClN3O2. The number of carbonyl (C=O) groups is 1. The van der Waals surface area contributed by atoms with Crippen LogP contribution in [0.5, 0.6) is 0 Å². The summed E-state index contributed by atoms with van der Waals surface area (Å²) in [6.07, 6.45) is 7.39. The van der Waals surface area contributed by atoms with Crippen molar-refractivity contribution in [2.45, 2.75) is 56.7 Å². The zero-order valence-corrected chi connectivity index (χ0v) is 18.0. The van der Waals surface area contributed by atoms with Gasteiger partial charge < -0.3 is 10.4 Å². The summed E-state index contributed by atoms with van der Waals surface area (Å²) in [5, 5.41) is 15.5. The van der Waals surface area contributed by atoms with Gasteiger partial charge >= 0.3 is 0 Å². The molecule has 2 aliphatic rings. The van der Waals surface area contributed by atoms with Gasteiger partial charge in [0.1, 0.15) is 0 Å². The van der Waals surface area contributed by atoms with Gasteiger partial charge in [0.05, 0.1) is 5.69 Å². The molecule has 160 valence electrons. The SMILES string of the molecule is O=C(NC1CCN(Cc2cc(Cl)ccn2)CC1)C(O)(c1ccccc1)C1CCCC1. The van der Waals surface area contributed by atoms with Gasteiger partial charge in [-0.25, -0.2) is 0 Å². The molecule has 1 atom stereocenters. The lowest BCUT2D eigenvalue weighted by atomic mass is 9.79. The van der Waals surface area contributed by atoms with Gasteiger partial charge in [-0.05, 0) is 43.4 Å². The number of hydrogen-bond donors (Lipinski definition) is 2. The van der Waals surface area contributed by atoms with Crippen LogP contribution in [-0.4, -0.2) is 40.0 Å². The lowest BCUT2D eigenvalue weighted by Gasteiger charge is -2.37. The minimum atomic E-state index is -1.44. The van der Waals surface area contributed by atoms with E-state index in [-0.39, 0.29) is 17.9 Å². The number of benzene rings is 1. The summed E-state index contributed by atoms with van der Waals surface area (Å²) in [6, 6.07) is 13.2. The third kappa shape index (κ3) is 4.69. The van der Waals surface area contributed by atoms with Gasteiger partial charge in [-0.2, -0.15) is 0 Å². The van der Waals surface area contributed by atoms with Crippen LogP contribution >= 0.6 is 11.6 Å². The number of carbonyl (C=O) groups excluding carboxylic acids is 1. The molecule has 2 fully saturated rings. The number of amides is 1. The number of pyridine rings is 1. The van der Waals surface area contributed by atoms with Crippen molar-refractivity contribution in [2.75, 3.05) is 13.1 Å². The molecule has 1 aromatic heterocycles. The quantitative estimate of drug-likeness (QED) is 0.733. The molecule has 2 N–H and O–H groups in total. The molecular weight excluding hydrogens is 398 g/mol. The number of hydrogen-bond acceptors (Lipinski definition) is 4. The number of aromatic nitrogens is 1. The number of aliphatic hydroxyl groups is 1. The van der Waals surface area contributed by atoms with Gasteiger partial charge in [0.2, 0.25) is 0 Å². The van der Waals surface area contributed by atoms with Crippen LogP contribution in [0.25, 0.3) is 0 Å². The Morgan fingerprint density at radius 1 is 1.13 bits per heavy atom. The van der Waals surface area contributed by atoms with Gasteiger partial charge in [0.25, 0.3) is 5.91 Å². The molecule has 1 aliphatic heterocycles. The molecule has 2 aromatic rings. The molecule has 0 bridgehead atoms. The largest absolute Gasteiger partial charge is 0.375 e. The van der Waals surface area contributed by atoms with Crippen LogP contribution in [0.2, 0.25) is 5.02 Å². The Balaban J connectivity index is 1.38. The van der Waals surface area contributed by atoms with E-state index in [9.17, 15) is 9.90 Å². The van der Waals surface area contributed by atoms with Crippen molar-refractivity contribution in [3.63, 3.8) is 0 Å². The maximum absolute atomic E-state index is 13.3. The minimum absolute atomic E-state index is 0.0195. The highest BCUT2D eigenvalue weighted by Gasteiger charge is 2.46. The standard InChI is InChI=1S/C24H30ClN3O2/c25-20-10-13-26-22(16-20)17-28-14-11-21(12-15-28)27-23(29)24(30,19-8-4-5-9-19)18-6-2-1-3-7-18/h1-3,6-7,10,13,16,19,21,30H,4-5,8-9,11-12,14-15,17H2,(H,27,29). The smallest absolute Gasteiger partial charge is 0.257 e. The highest BCUT2D eigenvalue weighted by Crippen LogP contribution is 2.41. The fourth-order valence-electron chi connectivity index (χ4n) is 4.88. The van der Waals surface area contributed by atoms with E-state index in [4.69, 9.17) is 11.6 Å². The third-order valence-corrected chi connectivity index (χ3v) is 6.83. The predicted octanol–water partition coefficient (Wildman–Crippen LogP) is 3.89. The molecule has 0 spiro atoms. The van der Waals surface area contributed by atoms with Crippen LogP contribution in [0, 0.1) is 5.92 Å². The molecule has 2 heterocycles. The second-order valence-electron chi connectivity index (χ2n) is 8.60. The molecule has 30 heavy (non-hydrogen) atoms. The van der Waals surface area contributed by atoms with E-state index < -0.39 is 5.60 Å². The van der Waals surface area contributed by atoms with E-state index in [1.165, 1.54) is 0 Å². The Bertz CT molecular complexity index is 849. The second kappa shape index (κ2) is 9.46. The number of nitrogens with zero attached hydrogens (tertiary/aromatic N) is 2. The van der Waals surface area contributed by atoms with Crippen LogP contribution in [0.15, 0.2) is 48.7 Å². The average Bonchev–Trinajstić information content (AvgIpc) is 3.31. The van der Waals surface area contributed by atoms with Crippen molar-refractivity contribution < 1.29 is 9.90 Å². The van der Waals surface area contributed by atoms with Crippen LogP contribution in [0.4, 0.5) is 0 Å². The van der Waals surface area contributed by atoms with E-state index in [1.54, 1.807) is 12.3 Å². The molecule has 1 aromatic carbocycles. The van der Waals surface area contributed by atoms with Crippen molar-refractivity contribution in [1.29, 1.82) is 0 Å². The van der Waals surface area contributed by atoms with E-state index in [0.717, 1.165) is 63.9 Å². The molecule has 4 rings (SSSR count). The maximum Gasteiger partial charge on any atom is 0.257 e. The summed E-state index contributed by atoms with van der Waals surface area (Å²) < 4.78 is 0. The summed E-state index contributed by atoms with van der Waals surface area (Å²) in [4.78, 5) is 20.0. The van der Waals surface area contributed by atoms with Crippen LogP contribution in [0.1, 0.15) is 49.8 Å². The zero-order valence-electron chi connectivity index (χ0n) is 17.3. The molecule has 6 heteroatoms. The molecule has 1 aliphatic carbocycles. The highest BCUT2D eigenvalue weighted by atomic mass is 35.5. The summed E-state index contributed by atoms with van der Waals surface area (Å²) in [6.45, 7) is 2.52. The number of halogens is 1. The van der Waals surface area contributed by atoms with E-state index in [0.29, 0.717) is 10.6 Å². The third-order valence-electron chi connectivity index (χ3n) is 6.59. The average molecular weight is 428 g/mol. The Morgan fingerprint density at radius 3 is 2.50 bits per heavy atom. The summed E-state index contributed by atoms with van der Waals surface area (Å²) in [5.41, 5.74) is 0.225. The zero-order chi connectivity index (χ0) is 21.0. The summed E-state index contributed by atoms with van der Waals surface area (Å²) >= 11 is 6.06. The number of nitrogens with one attached hydrogen (secondary N) is 1. The van der Waals surface area contributed by atoms with Gasteiger partial charge in [0.15, 0.2) is 5.60 Å². The van der Waals surface area contributed by atoms with Crippen molar-refractivity contribution in [3.8, 4) is 0 Å². The Labute approximate surface area is 183 Å². The van der Waals surface area contributed by atoms with Crippen molar-refractivity contribution in [1.82, 2.24) is 15.2 Å². The topological polar surface area (TPSA) is 65.5 Å². The molecule has 1 saturated carbocycles. The fourth-order valence-corrected chi connectivity index (χ4v) is 5.07. The number of rotatable bonds is 6. The first-order valence-corrected chi connectivity index (χ1v) is 11.3. The lowest BCUT2D eigenvalue weighted by molar-refractivity contribution is -0.148. The van der Waals surface area contributed by atoms with Gasteiger partial charge in [0, 0.05) is 42.8 Å². The first kappa shape index (κ1) is 21.3. The van der Waals surface area contributed by atoms with Crippen molar-refractivity contribution in [2.24, 2.45) is 5.92 Å². The van der Waals surface area contributed by atoms with Crippen molar-refractivity contribution in [3.05, 3.63) is 64.9 Å². The van der Waals surface area contributed by atoms with Gasteiger partial charge in [-0.1, -0.05) is 54.8 Å².